The minimum atomic E-state index is -1.03. The molecule has 0 aromatic heterocycles. The predicted octanol–water partition coefficient (Wildman–Crippen LogP) is 5.41. The van der Waals surface area contributed by atoms with Gasteiger partial charge in [-0.15, -0.1) is 0 Å². The van der Waals surface area contributed by atoms with E-state index in [0.717, 1.165) is 17.0 Å². The molecule has 17 heavy (non-hydrogen) atoms. The number of fused-ring (bicyclic) bond motifs is 1. The summed E-state index contributed by atoms with van der Waals surface area (Å²) in [6.45, 7) is 17.0. The van der Waals surface area contributed by atoms with Gasteiger partial charge in [0.05, 0.1) is 8.07 Å². The van der Waals surface area contributed by atoms with Crippen molar-refractivity contribution in [2.75, 3.05) is 0 Å². The molecule has 0 spiro atoms. The summed E-state index contributed by atoms with van der Waals surface area (Å²) in [5, 5.41) is 0. The average molecular weight is 248 g/mol. The number of allylic oxidation sites excluding steroid dienone is 4. The van der Waals surface area contributed by atoms with E-state index in [-0.39, 0.29) is 0 Å². The van der Waals surface area contributed by atoms with Crippen LogP contribution in [0.25, 0.3) is 0 Å². The van der Waals surface area contributed by atoms with Gasteiger partial charge in [0.25, 0.3) is 0 Å². The van der Waals surface area contributed by atoms with Gasteiger partial charge in [-0.25, -0.2) is 0 Å². The summed E-state index contributed by atoms with van der Waals surface area (Å²) in [6, 6.07) is 0. The van der Waals surface area contributed by atoms with Gasteiger partial charge in [0, 0.05) is 0 Å². The van der Waals surface area contributed by atoms with Crippen molar-refractivity contribution in [1.29, 1.82) is 0 Å². The second-order valence-corrected chi connectivity index (χ2v) is 13.1. The maximum atomic E-state index is 2.60. The first-order valence-electron chi connectivity index (χ1n) is 7.00. The van der Waals surface area contributed by atoms with Crippen LogP contribution >= 0.6 is 0 Å². The van der Waals surface area contributed by atoms with E-state index in [2.05, 4.69) is 59.9 Å². The molecule has 0 unspecified atom stereocenters. The summed E-state index contributed by atoms with van der Waals surface area (Å²) in [6.07, 6.45) is 6.37. The van der Waals surface area contributed by atoms with Crippen molar-refractivity contribution in [2.24, 2.45) is 11.3 Å². The Kier molecular flexibility index (Phi) is 2.97. The molecule has 0 aromatic carbocycles. The van der Waals surface area contributed by atoms with Crippen LogP contribution < -0.4 is 0 Å². The smallest absolute Gasteiger partial charge is 0.0588 e. The fourth-order valence-electron chi connectivity index (χ4n) is 3.95. The highest BCUT2D eigenvalue weighted by atomic mass is 28.3. The number of rotatable bonds is 1. The highest BCUT2D eigenvalue weighted by Crippen LogP contribution is 2.66. The molecule has 0 radical (unpaired) electrons. The Balaban J connectivity index is 2.26. The summed E-state index contributed by atoms with van der Waals surface area (Å²) in [5.74, 6) is 0.876. The van der Waals surface area contributed by atoms with Crippen LogP contribution in [0.1, 0.15) is 41.0 Å². The largest absolute Gasteiger partial charge is 0.0832 e. The van der Waals surface area contributed by atoms with Crippen molar-refractivity contribution in [2.45, 2.75) is 65.2 Å². The quantitative estimate of drug-likeness (QED) is 0.544. The standard InChI is InChI=1S/C16H28Si/c1-11(2)12-8-9-13-15(12)14(17(13,6)7)10-16(3,4)5/h8-9,13-15H,10H2,1-7H3/t13-,14-,15+/m1/s1. The van der Waals surface area contributed by atoms with Gasteiger partial charge in [-0.3, -0.25) is 0 Å². The van der Waals surface area contributed by atoms with E-state index in [4.69, 9.17) is 0 Å². The third kappa shape index (κ3) is 2.07. The monoisotopic (exact) mass is 248 g/mol. The van der Waals surface area contributed by atoms with Gasteiger partial charge in [0.1, 0.15) is 0 Å². The zero-order valence-corrected chi connectivity index (χ0v) is 13.6. The Hall–Kier alpha value is -0.303. The van der Waals surface area contributed by atoms with Crippen LogP contribution in [0.5, 0.6) is 0 Å². The SMILES string of the molecule is CC(C)=C1C=C[C@@H]2[C@H]1[C@@H](CC(C)(C)C)[Si]2(C)C. The van der Waals surface area contributed by atoms with Gasteiger partial charge >= 0.3 is 0 Å². The molecule has 1 heteroatoms. The number of hydrogen-bond acceptors (Lipinski definition) is 0. The third-order valence-corrected chi connectivity index (χ3v) is 9.63. The van der Waals surface area contributed by atoms with E-state index in [1.807, 2.05) is 0 Å². The van der Waals surface area contributed by atoms with Crippen LogP contribution in [-0.2, 0) is 0 Å². The van der Waals surface area contributed by atoms with Crippen LogP contribution in [-0.4, -0.2) is 8.07 Å². The number of hydrogen-bond donors (Lipinski definition) is 0. The van der Waals surface area contributed by atoms with Crippen LogP contribution in [0.4, 0.5) is 0 Å². The van der Waals surface area contributed by atoms with E-state index in [9.17, 15) is 0 Å². The molecule has 2 aliphatic rings. The Morgan fingerprint density at radius 2 is 1.82 bits per heavy atom. The predicted molar refractivity (Wildman–Crippen MR) is 80.1 cm³/mol. The molecule has 0 amide bonds. The van der Waals surface area contributed by atoms with Crippen LogP contribution in [0.3, 0.4) is 0 Å². The second kappa shape index (κ2) is 3.84. The van der Waals surface area contributed by atoms with Gasteiger partial charge < -0.3 is 0 Å². The van der Waals surface area contributed by atoms with Crippen molar-refractivity contribution >= 4 is 8.07 Å². The molecule has 3 atom stereocenters. The van der Waals surface area contributed by atoms with Crippen LogP contribution in [0, 0.1) is 11.3 Å². The molecule has 1 saturated heterocycles. The zero-order chi connectivity index (χ0) is 13.0. The van der Waals surface area contributed by atoms with Crippen molar-refractivity contribution in [3.63, 3.8) is 0 Å². The second-order valence-electron chi connectivity index (χ2n) is 8.06. The molecule has 0 saturated carbocycles. The molecular formula is C16H28Si. The molecule has 0 bridgehead atoms. The maximum absolute atomic E-state index is 2.60. The molecular weight excluding hydrogens is 220 g/mol. The summed E-state index contributed by atoms with van der Waals surface area (Å²) in [7, 11) is -1.03. The zero-order valence-electron chi connectivity index (χ0n) is 12.6. The van der Waals surface area contributed by atoms with Gasteiger partial charge in [-0.1, -0.05) is 51.6 Å². The Morgan fingerprint density at radius 3 is 2.29 bits per heavy atom. The summed E-state index contributed by atoms with van der Waals surface area (Å²) < 4.78 is 0. The topological polar surface area (TPSA) is 0 Å². The Bertz CT molecular complexity index is 375. The molecule has 0 nitrogen and oxygen atoms in total. The highest BCUT2D eigenvalue weighted by molar-refractivity contribution is 6.84. The average Bonchev–Trinajstić information content (AvgIpc) is 2.54. The van der Waals surface area contributed by atoms with Crippen LogP contribution in [0.2, 0.25) is 24.2 Å². The highest BCUT2D eigenvalue weighted by Gasteiger charge is 2.59. The van der Waals surface area contributed by atoms with Gasteiger partial charge in [0.15, 0.2) is 0 Å². The van der Waals surface area contributed by atoms with Gasteiger partial charge in [-0.2, -0.15) is 0 Å². The Morgan fingerprint density at radius 1 is 1.24 bits per heavy atom. The molecule has 1 heterocycles. The summed E-state index contributed by atoms with van der Waals surface area (Å²) in [5.41, 5.74) is 5.61. The van der Waals surface area contributed by atoms with E-state index in [1.54, 1.807) is 5.57 Å². The first kappa shape index (κ1) is 13.1. The van der Waals surface area contributed by atoms with Gasteiger partial charge in [0.2, 0.25) is 0 Å². The first-order valence-corrected chi connectivity index (χ1v) is 10.2. The summed E-state index contributed by atoms with van der Waals surface area (Å²) in [4.78, 5) is 0. The van der Waals surface area contributed by atoms with Crippen LogP contribution in [0.15, 0.2) is 23.3 Å². The van der Waals surface area contributed by atoms with Crippen molar-refractivity contribution in [1.82, 2.24) is 0 Å². The van der Waals surface area contributed by atoms with Crippen molar-refractivity contribution in [3.8, 4) is 0 Å². The van der Waals surface area contributed by atoms with Gasteiger partial charge in [-0.05, 0) is 48.3 Å². The molecule has 1 fully saturated rings. The lowest BCUT2D eigenvalue weighted by atomic mass is 9.82. The summed E-state index contributed by atoms with van der Waals surface area (Å²) >= 11 is 0. The lowest BCUT2D eigenvalue weighted by Crippen LogP contribution is -2.55. The minimum absolute atomic E-state index is 0.481. The Labute approximate surface area is 108 Å². The lowest BCUT2D eigenvalue weighted by Gasteiger charge is -2.57. The maximum Gasteiger partial charge on any atom is 0.0588 e. The fraction of sp³-hybridized carbons (Fsp3) is 0.750. The third-order valence-electron chi connectivity index (χ3n) is 4.89. The molecule has 1 aliphatic heterocycles. The molecule has 0 N–H and O–H groups in total. The lowest BCUT2D eigenvalue weighted by molar-refractivity contribution is 0.309. The molecule has 1 aliphatic carbocycles. The van der Waals surface area contributed by atoms with Crippen molar-refractivity contribution in [3.05, 3.63) is 23.3 Å². The fourth-order valence-corrected chi connectivity index (χ4v) is 8.49. The minimum Gasteiger partial charge on any atom is -0.0832 e. The van der Waals surface area contributed by atoms with Crippen molar-refractivity contribution < 1.29 is 0 Å². The molecule has 2 rings (SSSR count). The van der Waals surface area contributed by atoms with E-state index < -0.39 is 8.07 Å². The molecule has 0 aromatic rings. The van der Waals surface area contributed by atoms with E-state index in [1.165, 1.54) is 12.0 Å². The molecule has 96 valence electrons. The van der Waals surface area contributed by atoms with E-state index in [0.29, 0.717) is 5.41 Å². The van der Waals surface area contributed by atoms with E-state index >= 15 is 0 Å². The normalized spacial score (nSPS) is 34.5. The first-order chi connectivity index (χ1) is 7.64.